The van der Waals surface area contributed by atoms with Crippen LogP contribution in [-0.2, 0) is 17.0 Å². The number of rotatable bonds is 9. The van der Waals surface area contributed by atoms with Gasteiger partial charge in [-0.1, -0.05) is 30.0 Å². The van der Waals surface area contributed by atoms with E-state index in [4.69, 9.17) is 10.5 Å². The monoisotopic (exact) mass is 413 g/mol. The molecule has 0 fully saturated rings. The first kappa shape index (κ1) is 20.5. The van der Waals surface area contributed by atoms with E-state index in [2.05, 4.69) is 10.2 Å². The average molecular weight is 413 g/mol. The number of nitro groups is 1. The van der Waals surface area contributed by atoms with Gasteiger partial charge < -0.3 is 10.5 Å². The van der Waals surface area contributed by atoms with E-state index in [1.54, 1.807) is 31.4 Å². The van der Waals surface area contributed by atoms with Gasteiger partial charge in [0.1, 0.15) is 0 Å². The van der Waals surface area contributed by atoms with Crippen molar-refractivity contribution in [3.8, 4) is 11.4 Å². The third kappa shape index (κ3) is 4.79. The van der Waals surface area contributed by atoms with E-state index in [9.17, 15) is 14.9 Å². The van der Waals surface area contributed by atoms with Gasteiger partial charge in [-0.25, -0.2) is 0 Å². The maximum absolute atomic E-state index is 11.6. The second kappa shape index (κ2) is 9.30. The number of non-ortho nitro benzene ring substituents is 1. The van der Waals surface area contributed by atoms with Gasteiger partial charge in [0.05, 0.1) is 18.1 Å². The van der Waals surface area contributed by atoms with Gasteiger partial charge in [-0.15, -0.1) is 10.2 Å². The Bertz CT molecular complexity index is 1020. The van der Waals surface area contributed by atoms with Gasteiger partial charge in [0.25, 0.3) is 5.69 Å². The first-order valence-corrected chi connectivity index (χ1v) is 9.67. The molecule has 0 saturated heterocycles. The lowest BCUT2D eigenvalue weighted by atomic mass is 10.1. The van der Waals surface area contributed by atoms with E-state index in [0.29, 0.717) is 41.0 Å². The highest BCUT2D eigenvalue weighted by atomic mass is 32.2. The zero-order valence-corrected chi connectivity index (χ0v) is 16.5. The van der Waals surface area contributed by atoms with Crippen molar-refractivity contribution in [3.63, 3.8) is 0 Å². The van der Waals surface area contributed by atoms with Crippen molar-refractivity contribution in [2.24, 2.45) is 5.73 Å². The molecule has 0 atom stereocenters. The lowest BCUT2D eigenvalue weighted by Gasteiger charge is -2.10. The summed E-state index contributed by atoms with van der Waals surface area (Å²) in [4.78, 5) is 22.0. The molecule has 10 heteroatoms. The summed E-state index contributed by atoms with van der Waals surface area (Å²) in [6, 6.07) is 13.3. The van der Waals surface area contributed by atoms with Crippen LogP contribution >= 0.6 is 11.8 Å². The molecule has 1 aromatic heterocycles. The molecule has 0 aliphatic rings. The largest absolute Gasteiger partial charge is 0.383 e. The molecule has 0 spiro atoms. The minimum absolute atomic E-state index is 0.00867. The molecule has 9 nitrogen and oxygen atoms in total. The Morgan fingerprint density at radius 3 is 2.59 bits per heavy atom. The number of thioether (sulfide) groups is 1. The molecule has 1 heterocycles. The molecule has 0 saturated carbocycles. The predicted octanol–water partition coefficient (Wildman–Crippen LogP) is 2.89. The standard InChI is InChI=1S/C19H19N5O4S/c1-28-11-10-23-18(13-6-8-15(9-7-13)24(26)27)21-22-19(23)29-12-14-4-2-3-5-16(14)17(20)25/h2-9H,10-12H2,1H3,(H2,20,25). The van der Waals surface area contributed by atoms with E-state index in [1.807, 2.05) is 16.7 Å². The fourth-order valence-corrected chi connectivity index (χ4v) is 3.72. The molecular formula is C19H19N5O4S. The van der Waals surface area contributed by atoms with Crippen LogP contribution in [0.4, 0.5) is 5.69 Å². The molecule has 0 radical (unpaired) electrons. The normalized spacial score (nSPS) is 10.8. The van der Waals surface area contributed by atoms with E-state index in [0.717, 1.165) is 5.56 Å². The SMILES string of the molecule is COCCn1c(SCc2ccccc2C(N)=O)nnc1-c1ccc([N+](=O)[O-])cc1. The first-order chi connectivity index (χ1) is 14.0. The number of nitrogens with two attached hydrogens (primary N) is 1. The van der Waals surface area contributed by atoms with Gasteiger partial charge >= 0.3 is 0 Å². The number of primary amides is 1. The number of carbonyl (C=O) groups excluding carboxylic acids is 1. The zero-order valence-electron chi connectivity index (χ0n) is 15.6. The number of nitro benzene ring substituents is 1. The summed E-state index contributed by atoms with van der Waals surface area (Å²) in [6.07, 6.45) is 0. The highest BCUT2D eigenvalue weighted by Crippen LogP contribution is 2.28. The third-order valence-corrected chi connectivity index (χ3v) is 5.23. The number of hydrogen-bond acceptors (Lipinski definition) is 7. The Morgan fingerprint density at radius 1 is 1.21 bits per heavy atom. The number of amides is 1. The van der Waals surface area contributed by atoms with Crippen LogP contribution in [0.15, 0.2) is 53.7 Å². The van der Waals surface area contributed by atoms with Crippen molar-refractivity contribution >= 4 is 23.4 Å². The number of carbonyl (C=O) groups is 1. The van der Waals surface area contributed by atoms with Gasteiger partial charge in [-0.2, -0.15) is 0 Å². The van der Waals surface area contributed by atoms with Crippen LogP contribution in [0.1, 0.15) is 15.9 Å². The number of methoxy groups -OCH3 is 1. The van der Waals surface area contributed by atoms with Gasteiger partial charge in [0, 0.05) is 36.1 Å². The maximum atomic E-state index is 11.6. The minimum atomic E-state index is -0.478. The van der Waals surface area contributed by atoms with E-state index < -0.39 is 10.8 Å². The lowest BCUT2D eigenvalue weighted by molar-refractivity contribution is -0.384. The van der Waals surface area contributed by atoms with Crippen LogP contribution < -0.4 is 5.73 Å². The maximum Gasteiger partial charge on any atom is 0.269 e. The molecule has 3 aromatic rings. The fourth-order valence-electron chi connectivity index (χ4n) is 2.75. The Kier molecular flexibility index (Phi) is 6.57. The van der Waals surface area contributed by atoms with Crippen molar-refractivity contribution in [2.45, 2.75) is 17.5 Å². The topological polar surface area (TPSA) is 126 Å². The summed E-state index contributed by atoms with van der Waals surface area (Å²) in [7, 11) is 1.60. The molecule has 1 amide bonds. The van der Waals surface area contributed by atoms with Crippen LogP contribution in [0.3, 0.4) is 0 Å². The van der Waals surface area contributed by atoms with Crippen LogP contribution in [0.2, 0.25) is 0 Å². The summed E-state index contributed by atoms with van der Waals surface area (Å²) in [5.74, 6) is 0.598. The van der Waals surface area contributed by atoms with Gasteiger partial charge in [-0.05, 0) is 23.8 Å². The van der Waals surface area contributed by atoms with Crippen molar-refractivity contribution in [1.82, 2.24) is 14.8 Å². The zero-order chi connectivity index (χ0) is 20.8. The Balaban J connectivity index is 1.88. The smallest absolute Gasteiger partial charge is 0.269 e. The summed E-state index contributed by atoms with van der Waals surface area (Å²) in [5, 5.41) is 20.0. The van der Waals surface area contributed by atoms with Crippen molar-refractivity contribution in [3.05, 3.63) is 69.8 Å². The van der Waals surface area contributed by atoms with Crippen molar-refractivity contribution in [2.75, 3.05) is 13.7 Å². The predicted molar refractivity (Wildman–Crippen MR) is 109 cm³/mol. The number of aromatic nitrogens is 3. The molecule has 0 bridgehead atoms. The molecule has 2 aromatic carbocycles. The second-order valence-electron chi connectivity index (χ2n) is 6.06. The lowest BCUT2D eigenvalue weighted by Crippen LogP contribution is -2.13. The number of hydrogen-bond donors (Lipinski definition) is 1. The van der Waals surface area contributed by atoms with E-state index in [-0.39, 0.29) is 5.69 Å². The first-order valence-electron chi connectivity index (χ1n) is 8.68. The summed E-state index contributed by atoms with van der Waals surface area (Å²) < 4.78 is 7.08. The molecule has 0 unspecified atom stereocenters. The summed E-state index contributed by atoms with van der Waals surface area (Å²) in [5.41, 5.74) is 7.45. The molecule has 2 N–H and O–H groups in total. The molecule has 0 aliphatic carbocycles. The summed E-state index contributed by atoms with van der Waals surface area (Å²) in [6.45, 7) is 0.957. The number of benzene rings is 2. The van der Waals surface area contributed by atoms with Crippen LogP contribution in [0.25, 0.3) is 11.4 Å². The number of nitrogens with zero attached hydrogens (tertiary/aromatic N) is 4. The molecular weight excluding hydrogens is 394 g/mol. The molecule has 150 valence electrons. The highest BCUT2D eigenvalue weighted by molar-refractivity contribution is 7.98. The van der Waals surface area contributed by atoms with Crippen LogP contribution in [-0.4, -0.2) is 39.3 Å². The number of ether oxygens (including phenoxy) is 1. The highest BCUT2D eigenvalue weighted by Gasteiger charge is 2.17. The van der Waals surface area contributed by atoms with Crippen molar-refractivity contribution in [1.29, 1.82) is 0 Å². The second-order valence-corrected chi connectivity index (χ2v) is 7.01. The van der Waals surface area contributed by atoms with E-state index in [1.165, 1.54) is 23.9 Å². The average Bonchev–Trinajstić information content (AvgIpc) is 3.13. The van der Waals surface area contributed by atoms with Crippen LogP contribution in [0, 0.1) is 10.1 Å². The Labute approximate surface area is 171 Å². The van der Waals surface area contributed by atoms with Gasteiger partial charge in [0.15, 0.2) is 11.0 Å². The molecule has 29 heavy (non-hydrogen) atoms. The van der Waals surface area contributed by atoms with Crippen LogP contribution in [0.5, 0.6) is 0 Å². The third-order valence-electron chi connectivity index (χ3n) is 4.21. The summed E-state index contributed by atoms with van der Waals surface area (Å²) >= 11 is 1.42. The molecule has 3 rings (SSSR count). The Hall–Kier alpha value is -3.24. The van der Waals surface area contributed by atoms with Crippen molar-refractivity contribution < 1.29 is 14.5 Å². The Morgan fingerprint density at radius 2 is 1.93 bits per heavy atom. The fraction of sp³-hybridized carbons (Fsp3) is 0.211. The quantitative estimate of drug-likeness (QED) is 0.325. The van der Waals surface area contributed by atoms with E-state index >= 15 is 0 Å². The minimum Gasteiger partial charge on any atom is -0.383 e. The van der Waals surface area contributed by atoms with Gasteiger partial charge in [-0.3, -0.25) is 19.5 Å². The molecule has 0 aliphatic heterocycles. The van der Waals surface area contributed by atoms with Gasteiger partial charge in [0.2, 0.25) is 5.91 Å².